The van der Waals surface area contributed by atoms with Crippen molar-refractivity contribution in [2.45, 2.75) is 27.2 Å². The van der Waals surface area contributed by atoms with Crippen LogP contribution >= 0.6 is 0 Å². The van der Waals surface area contributed by atoms with Gasteiger partial charge in [-0.3, -0.25) is 0 Å². The number of hydrogen-bond donors (Lipinski definition) is 0. The van der Waals surface area contributed by atoms with Crippen molar-refractivity contribution in [3.8, 4) is 5.69 Å². The van der Waals surface area contributed by atoms with Crippen LogP contribution in [0.1, 0.15) is 23.9 Å². The maximum atomic E-state index is 2.34. The summed E-state index contributed by atoms with van der Waals surface area (Å²) in [6.45, 7) is 6.39. The molecule has 2 rings (SSSR count). The summed E-state index contributed by atoms with van der Waals surface area (Å²) in [6, 6.07) is 12.8. The molecule has 19 heavy (non-hydrogen) atoms. The summed E-state index contributed by atoms with van der Waals surface area (Å²) < 4.78 is 2.34. The van der Waals surface area contributed by atoms with E-state index in [0.717, 1.165) is 6.42 Å². The van der Waals surface area contributed by atoms with E-state index in [1.807, 2.05) is 13.0 Å². The Morgan fingerprint density at radius 1 is 1.05 bits per heavy atom. The van der Waals surface area contributed by atoms with Crippen LogP contribution in [0.5, 0.6) is 0 Å². The zero-order chi connectivity index (χ0) is 13.7. The van der Waals surface area contributed by atoms with Gasteiger partial charge in [-0.15, -0.1) is 0 Å². The molecule has 0 amide bonds. The summed E-state index contributed by atoms with van der Waals surface area (Å²) in [4.78, 5) is 0. The van der Waals surface area contributed by atoms with Gasteiger partial charge in [-0.2, -0.15) is 0 Å². The van der Waals surface area contributed by atoms with Crippen molar-refractivity contribution < 1.29 is 0 Å². The number of hydrogen-bond acceptors (Lipinski definition) is 0. The Balaban J connectivity index is 2.38. The molecule has 0 aliphatic carbocycles. The molecule has 1 nitrogen and oxygen atoms in total. The summed E-state index contributed by atoms with van der Waals surface area (Å²) in [7, 11) is 0. The number of para-hydroxylation sites is 1. The van der Waals surface area contributed by atoms with E-state index in [4.69, 9.17) is 0 Å². The highest BCUT2D eigenvalue weighted by Crippen LogP contribution is 2.21. The summed E-state index contributed by atoms with van der Waals surface area (Å²) in [5.74, 6) is 0. The second-order valence-electron chi connectivity index (χ2n) is 4.74. The van der Waals surface area contributed by atoms with Gasteiger partial charge in [-0.05, 0) is 44.5 Å². The largest absolute Gasteiger partial charge is 0.318 e. The molecule has 1 aromatic heterocycles. The van der Waals surface area contributed by atoms with Crippen molar-refractivity contribution in [2.24, 2.45) is 0 Å². The number of allylic oxidation sites excluding steroid dienone is 4. The van der Waals surface area contributed by atoms with Crippen molar-refractivity contribution in [3.63, 3.8) is 0 Å². The summed E-state index contributed by atoms with van der Waals surface area (Å²) >= 11 is 0. The Kier molecular flexibility index (Phi) is 4.40. The van der Waals surface area contributed by atoms with Gasteiger partial charge in [-0.25, -0.2) is 0 Å². The van der Waals surface area contributed by atoms with Gasteiger partial charge in [0.2, 0.25) is 0 Å². The molecule has 0 bridgehead atoms. The maximum Gasteiger partial charge on any atom is 0.0455 e. The normalized spacial score (nSPS) is 11.7. The number of nitrogens with zero attached hydrogens (tertiary/aromatic N) is 1. The quantitative estimate of drug-likeness (QED) is 0.690. The Morgan fingerprint density at radius 2 is 1.79 bits per heavy atom. The van der Waals surface area contributed by atoms with E-state index in [0.29, 0.717) is 0 Å². The standard InChI is InChI=1S/C18H21N/c1-4-5-6-10-13-18-15(2)14-16(3)19(18)17-11-8-7-9-12-17/h4-12,14H,13H2,1-3H3/b5-4-,10-6-. The summed E-state index contributed by atoms with van der Waals surface area (Å²) in [5.41, 5.74) is 5.25. The molecule has 0 N–H and O–H groups in total. The lowest BCUT2D eigenvalue weighted by molar-refractivity contribution is 0.927. The van der Waals surface area contributed by atoms with Crippen molar-refractivity contribution in [1.29, 1.82) is 0 Å². The van der Waals surface area contributed by atoms with E-state index >= 15 is 0 Å². The fourth-order valence-electron chi connectivity index (χ4n) is 2.41. The van der Waals surface area contributed by atoms with Crippen molar-refractivity contribution in [1.82, 2.24) is 4.57 Å². The minimum absolute atomic E-state index is 0.957. The van der Waals surface area contributed by atoms with Crippen LogP contribution in [0.3, 0.4) is 0 Å². The lowest BCUT2D eigenvalue weighted by atomic mass is 10.2. The highest BCUT2D eigenvalue weighted by Gasteiger charge is 2.09. The number of benzene rings is 1. The molecule has 0 aliphatic heterocycles. The van der Waals surface area contributed by atoms with Gasteiger partial charge in [0, 0.05) is 23.5 Å². The molecule has 0 atom stereocenters. The topological polar surface area (TPSA) is 4.93 Å². The lowest BCUT2D eigenvalue weighted by Gasteiger charge is -2.11. The van der Waals surface area contributed by atoms with Crippen LogP contribution in [0.2, 0.25) is 0 Å². The molecule has 1 heteroatoms. The molecule has 2 aromatic rings. The van der Waals surface area contributed by atoms with Crippen LogP contribution in [0.15, 0.2) is 60.7 Å². The fraction of sp³-hybridized carbons (Fsp3) is 0.222. The molecule has 0 aliphatic rings. The first-order valence-corrected chi connectivity index (χ1v) is 6.75. The highest BCUT2D eigenvalue weighted by atomic mass is 15.0. The first kappa shape index (κ1) is 13.4. The zero-order valence-corrected chi connectivity index (χ0v) is 11.9. The van der Waals surface area contributed by atoms with Gasteiger partial charge >= 0.3 is 0 Å². The monoisotopic (exact) mass is 251 g/mol. The van der Waals surface area contributed by atoms with Crippen molar-refractivity contribution in [2.75, 3.05) is 0 Å². The van der Waals surface area contributed by atoms with Gasteiger partial charge in [0.05, 0.1) is 0 Å². The minimum atomic E-state index is 0.957. The van der Waals surface area contributed by atoms with E-state index in [1.165, 1.54) is 22.6 Å². The van der Waals surface area contributed by atoms with Gasteiger partial charge in [0.25, 0.3) is 0 Å². The number of rotatable bonds is 4. The molecule has 1 heterocycles. The van der Waals surface area contributed by atoms with Crippen LogP contribution in [-0.4, -0.2) is 4.57 Å². The third-order valence-electron chi connectivity index (χ3n) is 3.27. The third kappa shape index (κ3) is 3.05. The third-order valence-corrected chi connectivity index (χ3v) is 3.27. The van der Waals surface area contributed by atoms with E-state index in [2.05, 4.69) is 73.0 Å². The predicted octanol–water partition coefficient (Wildman–Crippen LogP) is 4.77. The molecular weight excluding hydrogens is 230 g/mol. The van der Waals surface area contributed by atoms with Crippen LogP contribution in [0.4, 0.5) is 0 Å². The summed E-state index contributed by atoms with van der Waals surface area (Å²) in [5, 5.41) is 0. The zero-order valence-electron chi connectivity index (χ0n) is 11.9. The Bertz CT molecular complexity index is 586. The molecule has 1 aromatic carbocycles. The molecule has 0 saturated carbocycles. The van der Waals surface area contributed by atoms with E-state index < -0.39 is 0 Å². The average molecular weight is 251 g/mol. The van der Waals surface area contributed by atoms with Crippen LogP contribution in [-0.2, 0) is 6.42 Å². The Labute approximate surface area is 115 Å². The molecule has 0 radical (unpaired) electrons. The van der Waals surface area contributed by atoms with Crippen molar-refractivity contribution in [3.05, 3.63) is 77.7 Å². The Morgan fingerprint density at radius 3 is 2.47 bits per heavy atom. The number of aryl methyl sites for hydroxylation is 2. The smallest absolute Gasteiger partial charge is 0.0455 e. The van der Waals surface area contributed by atoms with Gasteiger partial charge in [0.15, 0.2) is 0 Å². The molecular formula is C18H21N. The van der Waals surface area contributed by atoms with Crippen molar-refractivity contribution >= 4 is 0 Å². The molecule has 0 fully saturated rings. The molecule has 0 unspecified atom stereocenters. The van der Waals surface area contributed by atoms with Gasteiger partial charge in [0.1, 0.15) is 0 Å². The summed E-state index contributed by atoms with van der Waals surface area (Å²) in [6.07, 6.45) is 9.39. The lowest BCUT2D eigenvalue weighted by Crippen LogP contribution is -2.01. The Hall–Kier alpha value is -2.02. The van der Waals surface area contributed by atoms with Gasteiger partial charge < -0.3 is 4.57 Å². The highest BCUT2D eigenvalue weighted by molar-refractivity contribution is 5.41. The number of aromatic nitrogens is 1. The van der Waals surface area contributed by atoms with Gasteiger partial charge in [-0.1, -0.05) is 42.5 Å². The van der Waals surface area contributed by atoms with E-state index in [-0.39, 0.29) is 0 Å². The fourth-order valence-corrected chi connectivity index (χ4v) is 2.41. The van der Waals surface area contributed by atoms with Crippen LogP contribution in [0.25, 0.3) is 5.69 Å². The van der Waals surface area contributed by atoms with E-state index in [9.17, 15) is 0 Å². The predicted molar refractivity (Wildman–Crippen MR) is 82.9 cm³/mol. The molecule has 98 valence electrons. The maximum absolute atomic E-state index is 2.34. The average Bonchev–Trinajstić information content (AvgIpc) is 2.70. The SMILES string of the molecule is C/C=C\C=C/Cc1c(C)cc(C)n1-c1ccccc1. The molecule has 0 saturated heterocycles. The molecule has 0 spiro atoms. The second kappa shape index (κ2) is 6.24. The first-order valence-electron chi connectivity index (χ1n) is 6.75. The second-order valence-corrected chi connectivity index (χ2v) is 4.74. The van der Waals surface area contributed by atoms with Crippen LogP contribution in [0, 0.1) is 13.8 Å². The minimum Gasteiger partial charge on any atom is -0.318 e. The van der Waals surface area contributed by atoms with Crippen LogP contribution < -0.4 is 0 Å². The first-order chi connectivity index (χ1) is 9.24. The van der Waals surface area contributed by atoms with E-state index in [1.54, 1.807) is 0 Å².